The molecule has 1 saturated carbocycles. The van der Waals surface area contributed by atoms with Crippen LogP contribution < -0.4 is 5.73 Å². The average molecular weight is 298 g/mol. The molecule has 0 bridgehead atoms. The monoisotopic (exact) mass is 298 g/mol. The van der Waals surface area contributed by atoms with Crippen molar-refractivity contribution in [1.82, 2.24) is 4.90 Å². The second-order valence-electron chi connectivity index (χ2n) is 6.55. The molecular formula is C16H30N2O3. The zero-order valence-corrected chi connectivity index (χ0v) is 13.5. The number of hydrogen-bond acceptors (Lipinski definition) is 5. The summed E-state index contributed by atoms with van der Waals surface area (Å²) >= 11 is 0. The van der Waals surface area contributed by atoms with Gasteiger partial charge in [-0.15, -0.1) is 0 Å². The minimum Gasteiger partial charge on any atom is -0.465 e. The van der Waals surface area contributed by atoms with E-state index in [4.69, 9.17) is 15.2 Å². The molecule has 2 N–H and O–H groups in total. The van der Waals surface area contributed by atoms with Crippen molar-refractivity contribution < 1.29 is 14.3 Å². The molecule has 1 heterocycles. The fourth-order valence-corrected chi connectivity index (χ4v) is 3.86. The highest BCUT2D eigenvalue weighted by Crippen LogP contribution is 2.37. The smallest absolute Gasteiger partial charge is 0.326 e. The van der Waals surface area contributed by atoms with Crippen molar-refractivity contribution in [2.45, 2.75) is 44.6 Å². The number of carbonyl (C=O) groups is 1. The molecule has 5 nitrogen and oxygen atoms in total. The minimum absolute atomic E-state index is 0.203. The van der Waals surface area contributed by atoms with E-state index in [2.05, 4.69) is 4.90 Å². The Balaban J connectivity index is 1.81. The molecule has 0 aromatic heterocycles. The summed E-state index contributed by atoms with van der Waals surface area (Å²) in [7, 11) is 1.77. The molecule has 2 rings (SSSR count). The Kier molecular flexibility index (Phi) is 6.02. The molecule has 0 aromatic carbocycles. The van der Waals surface area contributed by atoms with Crippen molar-refractivity contribution in [1.29, 1.82) is 0 Å². The summed E-state index contributed by atoms with van der Waals surface area (Å²) in [6.45, 7) is 6.38. The number of likely N-dealkylation sites (tertiary alicyclic amines) is 1. The summed E-state index contributed by atoms with van der Waals surface area (Å²) in [5.74, 6) is 0.718. The molecule has 122 valence electrons. The van der Waals surface area contributed by atoms with Crippen LogP contribution >= 0.6 is 0 Å². The normalized spacial score (nSPS) is 33.5. The average Bonchev–Trinajstić information content (AvgIpc) is 3.05. The summed E-state index contributed by atoms with van der Waals surface area (Å²) in [5.41, 5.74) is 5.63. The van der Waals surface area contributed by atoms with E-state index in [-0.39, 0.29) is 11.9 Å². The number of methoxy groups -OCH3 is 1. The van der Waals surface area contributed by atoms with Crippen molar-refractivity contribution in [3.8, 4) is 0 Å². The van der Waals surface area contributed by atoms with Crippen LogP contribution in [-0.4, -0.2) is 56.4 Å². The molecule has 1 aliphatic carbocycles. The van der Waals surface area contributed by atoms with Gasteiger partial charge in [0.1, 0.15) is 5.54 Å². The zero-order valence-electron chi connectivity index (χ0n) is 13.5. The first-order chi connectivity index (χ1) is 10.1. The quantitative estimate of drug-likeness (QED) is 0.720. The lowest BCUT2D eigenvalue weighted by Crippen LogP contribution is -2.52. The molecule has 1 aliphatic heterocycles. The van der Waals surface area contributed by atoms with Crippen molar-refractivity contribution in [2.75, 3.05) is 40.0 Å². The molecule has 3 atom stereocenters. The van der Waals surface area contributed by atoms with E-state index in [0.29, 0.717) is 12.5 Å². The van der Waals surface area contributed by atoms with E-state index in [0.717, 1.165) is 51.9 Å². The fourth-order valence-electron chi connectivity index (χ4n) is 3.86. The fraction of sp³-hybridized carbons (Fsp3) is 0.938. The van der Waals surface area contributed by atoms with E-state index in [1.165, 1.54) is 6.42 Å². The van der Waals surface area contributed by atoms with Gasteiger partial charge in [-0.25, -0.2) is 0 Å². The first-order valence-electron chi connectivity index (χ1n) is 8.27. The highest BCUT2D eigenvalue weighted by Gasteiger charge is 2.46. The van der Waals surface area contributed by atoms with Gasteiger partial charge >= 0.3 is 5.97 Å². The third-order valence-corrected chi connectivity index (χ3v) is 5.09. The summed E-state index contributed by atoms with van der Waals surface area (Å²) in [6.07, 6.45) is 5.05. The highest BCUT2D eigenvalue weighted by molar-refractivity contribution is 5.81. The number of nitrogens with zero attached hydrogens (tertiary/aromatic N) is 1. The van der Waals surface area contributed by atoms with Crippen LogP contribution in [-0.2, 0) is 14.3 Å². The van der Waals surface area contributed by atoms with Gasteiger partial charge in [0.05, 0.1) is 13.2 Å². The highest BCUT2D eigenvalue weighted by atomic mass is 16.5. The third kappa shape index (κ3) is 3.96. The van der Waals surface area contributed by atoms with Crippen LogP contribution in [0.25, 0.3) is 0 Å². The molecule has 0 radical (unpaired) electrons. The predicted octanol–water partition coefficient (Wildman–Crippen LogP) is 1.41. The van der Waals surface area contributed by atoms with E-state index in [9.17, 15) is 4.79 Å². The second kappa shape index (κ2) is 7.56. The van der Waals surface area contributed by atoms with Crippen molar-refractivity contribution in [2.24, 2.45) is 17.6 Å². The molecule has 1 saturated heterocycles. The van der Waals surface area contributed by atoms with Crippen LogP contribution in [0, 0.1) is 11.8 Å². The van der Waals surface area contributed by atoms with Gasteiger partial charge in [0.2, 0.25) is 0 Å². The number of carbonyl (C=O) groups excluding carboxylic acids is 1. The summed E-state index contributed by atoms with van der Waals surface area (Å²) in [5, 5.41) is 0. The SMILES string of the molecule is CCOC(=O)C1(N)CCCC1CCN1CCC(COC)C1. The Labute approximate surface area is 128 Å². The second-order valence-corrected chi connectivity index (χ2v) is 6.55. The van der Waals surface area contributed by atoms with Gasteiger partial charge in [-0.3, -0.25) is 4.79 Å². The Bertz CT molecular complexity index is 350. The lowest BCUT2D eigenvalue weighted by molar-refractivity contribution is -0.151. The lowest BCUT2D eigenvalue weighted by atomic mass is 9.85. The molecule has 21 heavy (non-hydrogen) atoms. The Morgan fingerprint density at radius 2 is 2.24 bits per heavy atom. The number of esters is 1. The largest absolute Gasteiger partial charge is 0.465 e. The van der Waals surface area contributed by atoms with E-state index >= 15 is 0 Å². The van der Waals surface area contributed by atoms with Gasteiger partial charge in [-0.05, 0) is 57.5 Å². The van der Waals surface area contributed by atoms with Crippen LogP contribution in [0.5, 0.6) is 0 Å². The van der Waals surface area contributed by atoms with Crippen LogP contribution in [0.2, 0.25) is 0 Å². The first kappa shape index (κ1) is 16.7. The Morgan fingerprint density at radius 3 is 2.95 bits per heavy atom. The number of hydrogen-bond donors (Lipinski definition) is 1. The van der Waals surface area contributed by atoms with Crippen LogP contribution in [0.1, 0.15) is 39.0 Å². The maximum Gasteiger partial charge on any atom is 0.326 e. The van der Waals surface area contributed by atoms with Gasteiger partial charge in [-0.1, -0.05) is 6.42 Å². The Hall–Kier alpha value is -0.650. The maximum absolute atomic E-state index is 12.1. The van der Waals surface area contributed by atoms with Gasteiger partial charge in [0.15, 0.2) is 0 Å². The standard InChI is InChI=1S/C16H30N2O3/c1-3-21-15(19)16(17)8-4-5-14(16)7-10-18-9-6-13(11-18)12-20-2/h13-14H,3-12,17H2,1-2H3. The van der Waals surface area contributed by atoms with Gasteiger partial charge < -0.3 is 20.1 Å². The summed E-state index contributed by atoms with van der Waals surface area (Å²) < 4.78 is 10.4. The molecule has 5 heteroatoms. The van der Waals surface area contributed by atoms with Crippen molar-refractivity contribution in [3.05, 3.63) is 0 Å². The Morgan fingerprint density at radius 1 is 1.43 bits per heavy atom. The number of rotatable bonds is 7. The molecule has 0 amide bonds. The molecule has 0 aromatic rings. The molecular weight excluding hydrogens is 268 g/mol. The predicted molar refractivity (Wildman–Crippen MR) is 81.9 cm³/mol. The molecule has 2 fully saturated rings. The van der Waals surface area contributed by atoms with E-state index in [1.807, 2.05) is 6.92 Å². The van der Waals surface area contributed by atoms with E-state index < -0.39 is 5.54 Å². The zero-order chi connectivity index (χ0) is 15.3. The third-order valence-electron chi connectivity index (χ3n) is 5.09. The topological polar surface area (TPSA) is 64.8 Å². The molecule has 2 aliphatic rings. The van der Waals surface area contributed by atoms with Crippen LogP contribution in [0.3, 0.4) is 0 Å². The maximum atomic E-state index is 12.1. The summed E-state index contributed by atoms with van der Waals surface area (Å²) in [6, 6.07) is 0. The van der Waals surface area contributed by atoms with Gasteiger partial charge in [0.25, 0.3) is 0 Å². The molecule has 3 unspecified atom stereocenters. The number of ether oxygens (including phenoxy) is 2. The van der Waals surface area contributed by atoms with Gasteiger partial charge in [-0.2, -0.15) is 0 Å². The van der Waals surface area contributed by atoms with E-state index in [1.54, 1.807) is 7.11 Å². The first-order valence-corrected chi connectivity index (χ1v) is 8.27. The van der Waals surface area contributed by atoms with Crippen LogP contribution in [0.15, 0.2) is 0 Å². The van der Waals surface area contributed by atoms with Gasteiger partial charge in [0, 0.05) is 13.7 Å². The number of nitrogens with two attached hydrogens (primary N) is 1. The van der Waals surface area contributed by atoms with Crippen molar-refractivity contribution in [3.63, 3.8) is 0 Å². The van der Waals surface area contributed by atoms with Crippen molar-refractivity contribution >= 4 is 5.97 Å². The lowest BCUT2D eigenvalue weighted by Gasteiger charge is -2.30. The van der Waals surface area contributed by atoms with Crippen LogP contribution in [0.4, 0.5) is 0 Å². The molecule has 0 spiro atoms. The minimum atomic E-state index is -0.748. The summed E-state index contributed by atoms with van der Waals surface area (Å²) in [4.78, 5) is 14.6.